The van der Waals surface area contributed by atoms with E-state index in [1.54, 1.807) is 7.11 Å². The van der Waals surface area contributed by atoms with Gasteiger partial charge in [0.25, 0.3) is 5.56 Å². The molecular weight excluding hydrogens is 478 g/mol. The Hall–Kier alpha value is -3.72. The van der Waals surface area contributed by atoms with E-state index >= 15 is 0 Å². The Morgan fingerprint density at radius 1 is 1.05 bits per heavy atom. The molecule has 9 heteroatoms. The highest BCUT2D eigenvalue weighted by molar-refractivity contribution is 5.80. The molecule has 2 aromatic heterocycles. The van der Waals surface area contributed by atoms with Gasteiger partial charge in [0.15, 0.2) is 5.82 Å². The van der Waals surface area contributed by atoms with Gasteiger partial charge in [0.1, 0.15) is 11.8 Å². The molecule has 3 heterocycles. The van der Waals surface area contributed by atoms with Crippen LogP contribution in [-0.4, -0.2) is 63.4 Å². The lowest BCUT2D eigenvalue weighted by atomic mass is 9.98. The number of benzene rings is 2. The van der Waals surface area contributed by atoms with E-state index in [0.717, 1.165) is 43.5 Å². The van der Waals surface area contributed by atoms with Gasteiger partial charge in [0.2, 0.25) is 0 Å². The molecule has 0 bridgehead atoms. The van der Waals surface area contributed by atoms with E-state index in [1.807, 2.05) is 28.9 Å². The number of anilines is 1. The maximum Gasteiger partial charge on any atom is 0.253 e. The summed E-state index contributed by atoms with van der Waals surface area (Å²) >= 11 is 0. The summed E-state index contributed by atoms with van der Waals surface area (Å²) in [6.07, 6.45) is 0.853. The van der Waals surface area contributed by atoms with Crippen LogP contribution < -0.4 is 15.2 Å². The molecule has 1 fully saturated rings. The fourth-order valence-electron chi connectivity index (χ4n) is 5.25. The molecule has 0 aliphatic carbocycles. The summed E-state index contributed by atoms with van der Waals surface area (Å²) in [4.78, 5) is 21.5. The highest BCUT2D eigenvalue weighted by Crippen LogP contribution is 2.32. The minimum atomic E-state index is -0.383. The molecule has 5 rings (SSSR count). The zero-order valence-corrected chi connectivity index (χ0v) is 23.2. The normalized spacial score (nSPS) is 15.7. The lowest BCUT2D eigenvalue weighted by Crippen LogP contribution is -2.49. The number of rotatable bonds is 7. The first kappa shape index (κ1) is 25.9. The van der Waals surface area contributed by atoms with Gasteiger partial charge in [-0.25, -0.2) is 4.68 Å². The number of pyridine rings is 1. The average molecular weight is 516 g/mol. The maximum atomic E-state index is 13.6. The van der Waals surface area contributed by atoms with E-state index in [0.29, 0.717) is 17.1 Å². The van der Waals surface area contributed by atoms with E-state index in [4.69, 9.17) is 4.74 Å². The van der Waals surface area contributed by atoms with Gasteiger partial charge in [-0.1, -0.05) is 19.1 Å². The van der Waals surface area contributed by atoms with Crippen molar-refractivity contribution in [1.29, 1.82) is 0 Å². The number of fused-ring (bicyclic) bond motifs is 1. The monoisotopic (exact) mass is 515 g/mol. The van der Waals surface area contributed by atoms with Gasteiger partial charge in [-0.2, -0.15) is 0 Å². The number of hydrogen-bond donors (Lipinski definition) is 1. The molecule has 1 atom stereocenters. The van der Waals surface area contributed by atoms with Gasteiger partial charge in [-0.15, -0.1) is 5.10 Å². The number of ether oxygens (including phenoxy) is 1. The van der Waals surface area contributed by atoms with Crippen molar-refractivity contribution >= 4 is 16.6 Å². The van der Waals surface area contributed by atoms with Crippen LogP contribution in [0.5, 0.6) is 5.75 Å². The molecule has 0 unspecified atom stereocenters. The zero-order chi connectivity index (χ0) is 27.0. The second-order valence-corrected chi connectivity index (χ2v) is 10.8. The van der Waals surface area contributed by atoms with Crippen LogP contribution in [0.3, 0.4) is 0 Å². The van der Waals surface area contributed by atoms with Crippen LogP contribution in [0.4, 0.5) is 5.69 Å². The molecule has 1 N–H and O–H groups in total. The number of methoxy groups -OCH3 is 1. The Morgan fingerprint density at radius 3 is 2.53 bits per heavy atom. The highest BCUT2D eigenvalue weighted by Gasteiger charge is 2.35. The molecule has 200 valence electrons. The smallest absolute Gasteiger partial charge is 0.253 e. The standard InChI is InChI=1S/C29H37N7O2/c1-7-29(4,5)36-27(31-32-33-36)26(23-17-21-10-11-22(38-6)18-24(21)30-28(23)37)35-14-12-34(13-15-35)25-16-19(2)8-9-20(25)3/h8-11,16-18,26H,7,12-15H2,1-6H3,(H,30,37)/t26-/m1/s1. The summed E-state index contributed by atoms with van der Waals surface area (Å²) in [5.41, 5.74) is 4.75. The molecule has 9 nitrogen and oxygen atoms in total. The topological polar surface area (TPSA) is 92.2 Å². The fraction of sp³-hybridized carbons (Fsp3) is 0.448. The van der Waals surface area contributed by atoms with Crippen molar-refractivity contribution in [1.82, 2.24) is 30.1 Å². The van der Waals surface area contributed by atoms with Gasteiger partial charge in [-0.3, -0.25) is 9.69 Å². The van der Waals surface area contributed by atoms with Gasteiger partial charge >= 0.3 is 0 Å². The van der Waals surface area contributed by atoms with Crippen LogP contribution >= 0.6 is 0 Å². The Morgan fingerprint density at radius 2 is 1.82 bits per heavy atom. The molecule has 1 saturated heterocycles. The molecule has 4 aromatic rings. The van der Waals surface area contributed by atoms with E-state index < -0.39 is 0 Å². The second-order valence-electron chi connectivity index (χ2n) is 10.8. The number of aryl methyl sites for hydroxylation is 2. The number of piperazine rings is 1. The quantitative estimate of drug-likeness (QED) is 0.394. The number of hydrogen-bond acceptors (Lipinski definition) is 7. The zero-order valence-electron chi connectivity index (χ0n) is 23.2. The van der Waals surface area contributed by atoms with Crippen molar-refractivity contribution in [3.63, 3.8) is 0 Å². The second kappa shape index (κ2) is 10.2. The predicted octanol–water partition coefficient (Wildman–Crippen LogP) is 4.20. The van der Waals surface area contributed by atoms with Gasteiger partial charge in [0.05, 0.1) is 18.2 Å². The molecule has 1 aliphatic heterocycles. The molecule has 1 aliphatic rings. The van der Waals surface area contributed by atoms with Crippen LogP contribution in [-0.2, 0) is 5.54 Å². The number of tetrazole rings is 1. The summed E-state index contributed by atoms with van der Waals surface area (Å²) in [5.74, 6) is 1.39. The first-order valence-electron chi connectivity index (χ1n) is 13.3. The summed E-state index contributed by atoms with van der Waals surface area (Å²) < 4.78 is 7.25. The Bertz CT molecular complexity index is 1500. The Labute approximate surface area is 223 Å². The molecule has 0 spiro atoms. The number of nitrogens with one attached hydrogen (secondary N) is 1. The molecule has 2 aromatic carbocycles. The Kier molecular flexibility index (Phi) is 6.96. The minimum Gasteiger partial charge on any atom is -0.497 e. The summed E-state index contributed by atoms with van der Waals surface area (Å²) in [5, 5.41) is 13.9. The highest BCUT2D eigenvalue weighted by atomic mass is 16.5. The first-order chi connectivity index (χ1) is 18.2. The van der Waals surface area contributed by atoms with Crippen LogP contribution in [0.2, 0.25) is 0 Å². The van der Waals surface area contributed by atoms with Crippen LogP contribution in [0, 0.1) is 13.8 Å². The lowest BCUT2D eigenvalue weighted by Gasteiger charge is -2.40. The predicted molar refractivity (Wildman–Crippen MR) is 150 cm³/mol. The largest absolute Gasteiger partial charge is 0.497 e. The summed E-state index contributed by atoms with van der Waals surface area (Å²) in [6, 6.07) is 13.9. The number of nitrogens with zero attached hydrogens (tertiary/aromatic N) is 6. The molecule has 0 amide bonds. The molecule has 0 radical (unpaired) electrons. The lowest BCUT2D eigenvalue weighted by molar-refractivity contribution is 0.186. The average Bonchev–Trinajstić information content (AvgIpc) is 3.41. The molecule has 38 heavy (non-hydrogen) atoms. The number of aromatic amines is 1. The van der Waals surface area contributed by atoms with E-state index in [2.05, 4.69) is 83.1 Å². The minimum absolute atomic E-state index is 0.142. The van der Waals surface area contributed by atoms with Gasteiger partial charge in [0, 0.05) is 43.5 Å². The van der Waals surface area contributed by atoms with E-state index in [9.17, 15) is 4.79 Å². The number of aromatic nitrogens is 5. The number of H-pyrrole nitrogens is 1. The van der Waals surface area contributed by atoms with Gasteiger partial charge < -0.3 is 14.6 Å². The van der Waals surface area contributed by atoms with Gasteiger partial charge in [-0.05, 0) is 85.3 Å². The maximum absolute atomic E-state index is 13.6. The first-order valence-corrected chi connectivity index (χ1v) is 13.3. The van der Waals surface area contributed by atoms with E-state index in [1.165, 1.54) is 16.8 Å². The van der Waals surface area contributed by atoms with Crippen molar-refractivity contribution < 1.29 is 4.74 Å². The van der Waals surface area contributed by atoms with Crippen LogP contribution in [0.25, 0.3) is 10.9 Å². The summed E-state index contributed by atoms with van der Waals surface area (Å²) in [7, 11) is 1.62. The van der Waals surface area contributed by atoms with Crippen molar-refractivity contribution in [3.8, 4) is 5.75 Å². The van der Waals surface area contributed by atoms with Crippen molar-refractivity contribution in [2.45, 2.75) is 52.6 Å². The third-order valence-corrected chi connectivity index (χ3v) is 7.94. The summed E-state index contributed by atoms with van der Waals surface area (Å²) in [6.45, 7) is 13.9. The third-order valence-electron chi connectivity index (χ3n) is 7.94. The molecular formula is C29H37N7O2. The van der Waals surface area contributed by atoms with Crippen LogP contribution in [0.1, 0.15) is 55.7 Å². The van der Waals surface area contributed by atoms with Crippen molar-refractivity contribution in [2.24, 2.45) is 0 Å². The van der Waals surface area contributed by atoms with Crippen LogP contribution in [0.15, 0.2) is 47.3 Å². The van der Waals surface area contributed by atoms with E-state index in [-0.39, 0.29) is 17.1 Å². The van der Waals surface area contributed by atoms with Crippen molar-refractivity contribution in [2.75, 3.05) is 38.2 Å². The Balaban J connectivity index is 1.56. The SMILES string of the molecule is CCC(C)(C)n1nnnc1[C@@H](c1cc2ccc(OC)cc2[nH]c1=O)N1CCN(c2cc(C)ccc2C)CC1. The molecule has 0 saturated carbocycles. The van der Waals surface area contributed by atoms with Crippen molar-refractivity contribution in [3.05, 3.63) is 75.3 Å². The third kappa shape index (κ3) is 4.78. The fourth-order valence-corrected chi connectivity index (χ4v) is 5.25.